The van der Waals surface area contributed by atoms with Crippen LogP contribution < -0.4 is 0 Å². The summed E-state index contributed by atoms with van der Waals surface area (Å²) in [4.78, 5) is 11.3. The third kappa shape index (κ3) is 2.18. The van der Waals surface area contributed by atoms with E-state index in [1.165, 1.54) is 6.20 Å². The van der Waals surface area contributed by atoms with Crippen molar-refractivity contribution in [3.8, 4) is 5.69 Å². The maximum absolute atomic E-state index is 11.3. The minimum atomic E-state index is -0.906. The third-order valence-corrected chi connectivity index (χ3v) is 4.00. The number of hydrogen-bond acceptors (Lipinski definition) is 2. The number of aromatic nitrogens is 2. The Kier molecular flexibility index (Phi) is 2.93. The zero-order valence-corrected chi connectivity index (χ0v) is 12.0. The molecule has 1 aliphatic carbocycles. The van der Waals surface area contributed by atoms with Gasteiger partial charge in [0.05, 0.1) is 17.6 Å². The van der Waals surface area contributed by atoms with Gasteiger partial charge in [-0.05, 0) is 53.4 Å². The van der Waals surface area contributed by atoms with Gasteiger partial charge in [0.25, 0.3) is 0 Å². The van der Waals surface area contributed by atoms with Crippen molar-refractivity contribution in [1.82, 2.24) is 9.78 Å². The number of carbonyl (C=O) groups is 1. The number of carboxylic acids is 1. The molecule has 1 aromatic heterocycles. The summed E-state index contributed by atoms with van der Waals surface area (Å²) in [5.74, 6) is -0.585. The summed E-state index contributed by atoms with van der Waals surface area (Å²) in [6.45, 7) is 2.01. The first kappa shape index (κ1) is 12.4. The zero-order valence-electron chi connectivity index (χ0n) is 10.4. The molecule has 2 aromatic rings. The smallest absolute Gasteiger partial charge is 0.339 e. The number of halogens is 1. The summed E-state index contributed by atoms with van der Waals surface area (Å²) in [6, 6.07) is 5.98. The topological polar surface area (TPSA) is 55.1 Å². The van der Waals surface area contributed by atoms with Crippen LogP contribution in [-0.4, -0.2) is 20.9 Å². The van der Waals surface area contributed by atoms with E-state index in [9.17, 15) is 9.90 Å². The SMILES string of the molecule is Cc1ccc(Br)c(-n2ncc(C(=O)O)c2C2CC2)c1. The van der Waals surface area contributed by atoms with Crippen molar-refractivity contribution < 1.29 is 9.90 Å². The Labute approximate surface area is 119 Å². The minimum Gasteiger partial charge on any atom is -0.478 e. The standard InChI is InChI=1S/C14H13BrN2O2/c1-8-2-5-11(15)12(6-8)17-13(9-3-4-9)10(7-16-17)14(18)19/h2,5-7,9H,3-4H2,1H3,(H,18,19). The number of aromatic carboxylic acids is 1. The Morgan fingerprint density at radius 2 is 2.21 bits per heavy atom. The number of benzene rings is 1. The molecule has 1 aliphatic rings. The van der Waals surface area contributed by atoms with Crippen molar-refractivity contribution in [2.24, 2.45) is 0 Å². The van der Waals surface area contributed by atoms with Crippen LogP contribution in [0.3, 0.4) is 0 Å². The fourth-order valence-corrected chi connectivity index (χ4v) is 2.66. The molecule has 0 atom stereocenters. The molecule has 1 saturated carbocycles. The lowest BCUT2D eigenvalue weighted by atomic mass is 10.1. The van der Waals surface area contributed by atoms with Gasteiger partial charge < -0.3 is 5.11 Å². The first-order valence-corrected chi connectivity index (χ1v) is 6.95. The van der Waals surface area contributed by atoms with E-state index < -0.39 is 5.97 Å². The summed E-state index contributed by atoms with van der Waals surface area (Å²) in [5.41, 5.74) is 3.15. The molecule has 4 nitrogen and oxygen atoms in total. The van der Waals surface area contributed by atoms with Gasteiger partial charge in [-0.15, -0.1) is 0 Å². The maximum Gasteiger partial charge on any atom is 0.339 e. The second kappa shape index (κ2) is 4.49. The Morgan fingerprint density at radius 1 is 1.47 bits per heavy atom. The molecule has 1 aromatic carbocycles. The van der Waals surface area contributed by atoms with Gasteiger partial charge in [0.1, 0.15) is 5.56 Å². The van der Waals surface area contributed by atoms with Crippen molar-refractivity contribution in [1.29, 1.82) is 0 Å². The summed E-state index contributed by atoms with van der Waals surface area (Å²) in [6.07, 6.45) is 3.52. The van der Waals surface area contributed by atoms with Crippen molar-refractivity contribution in [3.63, 3.8) is 0 Å². The summed E-state index contributed by atoms with van der Waals surface area (Å²) < 4.78 is 2.68. The van der Waals surface area contributed by atoms with Gasteiger partial charge >= 0.3 is 5.97 Å². The normalized spacial score (nSPS) is 14.6. The molecule has 19 heavy (non-hydrogen) atoms. The Hall–Kier alpha value is -1.62. The summed E-state index contributed by atoms with van der Waals surface area (Å²) in [7, 11) is 0. The zero-order chi connectivity index (χ0) is 13.6. The van der Waals surface area contributed by atoms with Gasteiger partial charge in [-0.1, -0.05) is 6.07 Å². The van der Waals surface area contributed by atoms with Gasteiger partial charge in [-0.25, -0.2) is 9.48 Å². The first-order chi connectivity index (χ1) is 9.08. The van der Waals surface area contributed by atoms with Crippen LogP contribution in [0.25, 0.3) is 5.69 Å². The second-order valence-corrected chi connectivity index (χ2v) is 5.74. The van der Waals surface area contributed by atoms with E-state index in [0.29, 0.717) is 11.5 Å². The van der Waals surface area contributed by atoms with E-state index in [1.807, 2.05) is 25.1 Å². The highest BCUT2D eigenvalue weighted by Gasteiger charge is 2.33. The molecular weight excluding hydrogens is 308 g/mol. The lowest BCUT2D eigenvalue weighted by Crippen LogP contribution is -2.06. The molecule has 5 heteroatoms. The van der Waals surface area contributed by atoms with Gasteiger partial charge in [0, 0.05) is 10.4 Å². The fourth-order valence-electron chi connectivity index (χ4n) is 2.25. The van der Waals surface area contributed by atoms with Crippen LogP contribution in [0.15, 0.2) is 28.9 Å². The molecule has 1 heterocycles. The molecule has 1 fully saturated rings. The Balaban J connectivity index is 2.20. The van der Waals surface area contributed by atoms with Crippen molar-refractivity contribution in [2.75, 3.05) is 0 Å². The van der Waals surface area contributed by atoms with Crippen molar-refractivity contribution in [3.05, 3.63) is 45.7 Å². The van der Waals surface area contributed by atoms with Crippen LogP contribution in [0.4, 0.5) is 0 Å². The minimum absolute atomic E-state index is 0.316. The molecule has 0 unspecified atom stereocenters. The lowest BCUT2D eigenvalue weighted by molar-refractivity contribution is 0.0695. The molecule has 0 amide bonds. The van der Waals surface area contributed by atoms with Gasteiger partial charge in [-0.2, -0.15) is 5.10 Å². The van der Waals surface area contributed by atoms with Crippen molar-refractivity contribution >= 4 is 21.9 Å². The summed E-state index contributed by atoms with van der Waals surface area (Å²) in [5, 5.41) is 13.5. The molecule has 0 aliphatic heterocycles. The molecule has 0 radical (unpaired) electrons. The number of nitrogens with zero attached hydrogens (tertiary/aromatic N) is 2. The number of hydrogen-bond donors (Lipinski definition) is 1. The van der Waals surface area contributed by atoms with E-state index in [4.69, 9.17) is 0 Å². The van der Waals surface area contributed by atoms with Gasteiger partial charge in [-0.3, -0.25) is 0 Å². The van der Waals surface area contributed by atoms with Crippen LogP contribution in [0, 0.1) is 6.92 Å². The van der Waals surface area contributed by atoms with Crippen LogP contribution in [-0.2, 0) is 0 Å². The Morgan fingerprint density at radius 3 is 2.84 bits per heavy atom. The molecule has 98 valence electrons. The molecule has 0 spiro atoms. The third-order valence-electron chi connectivity index (χ3n) is 3.33. The number of rotatable bonds is 3. The van der Waals surface area contributed by atoms with E-state index in [-0.39, 0.29) is 0 Å². The van der Waals surface area contributed by atoms with Crippen LogP contribution in [0.1, 0.15) is 40.4 Å². The molecular formula is C14H13BrN2O2. The highest BCUT2D eigenvalue weighted by atomic mass is 79.9. The highest BCUT2D eigenvalue weighted by molar-refractivity contribution is 9.10. The van der Waals surface area contributed by atoms with E-state index in [1.54, 1.807) is 4.68 Å². The molecule has 1 N–H and O–H groups in total. The number of carboxylic acid groups (broad SMARTS) is 1. The first-order valence-electron chi connectivity index (χ1n) is 6.15. The lowest BCUT2D eigenvalue weighted by Gasteiger charge is -2.10. The van der Waals surface area contributed by atoms with Gasteiger partial charge in [0.15, 0.2) is 0 Å². The van der Waals surface area contributed by atoms with Gasteiger partial charge in [0.2, 0.25) is 0 Å². The number of aryl methyl sites for hydroxylation is 1. The predicted molar refractivity (Wildman–Crippen MR) is 74.9 cm³/mol. The molecule has 0 bridgehead atoms. The molecule has 3 rings (SSSR count). The molecule has 0 saturated heterocycles. The monoisotopic (exact) mass is 320 g/mol. The van der Waals surface area contributed by atoms with E-state index in [0.717, 1.165) is 34.3 Å². The van der Waals surface area contributed by atoms with Crippen LogP contribution in [0.5, 0.6) is 0 Å². The summed E-state index contributed by atoms with van der Waals surface area (Å²) >= 11 is 3.51. The maximum atomic E-state index is 11.3. The second-order valence-electron chi connectivity index (χ2n) is 4.89. The van der Waals surface area contributed by atoms with E-state index in [2.05, 4.69) is 21.0 Å². The Bertz CT molecular complexity index is 659. The van der Waals surface area contributed by atoms with Crippen LogP contribution >= 0.6 is 15.9 Å². The highest BCUT2D eigenvalue weighted by Crippen LogP contribution is 2.43. The average Bonchev–Trinajstić information content (AvgIpc) is 3.11. The van der Waals surface area contributed by atoms with Crippen molar-refractivity contribution in [2.45, 2.75) is 25.7 Å². The largest absolute Gasteiger partial charge is 0.478 e. The predicted octanol–water partition coefficient (Wildman–Crippen LogP) is 3.52. The average molecular weight is 321 g/mol. The quantitative estimate of drug-likeness (QED) is 0.941. The van der Waals surface area contributed by atoms with Crippen LogP contribution in [0.2, 0.25) is 0 Å². The van der Waals surface area contributed by atoms with E-state index >= 15 is 0 Å². The fraction of sp³-hybridized carbons (Fsp3) is 0.286.